The second-order valence-corrected chi connectivity index (χ2v) is 8.90. The third-order valence-electron chi connectivity index (χ3n) is 6.76. The summed E-state index contributed by atoms with van der Waals surface area (Å²) in [5, 5.41) is 2.44. The highest BCUT2D eigenvalue weighted by Gasteiger charge is 2.15. The Morgan fingerprint density at radius 3 is 2.31 bits per heavy atom. The van der Waals surface area contributed by atoms with Crippen molar-refractivity contribution in [2.24, 2.45) is 0 Å². The minimum Gasteiger partial charge on any atom is -0.439 e. The van der Waals surface area contributed by atoms with Gasteiger partial charge >= 0.3 is 0 Å². The average Bonchev–Trinajstić information content (AvgIpc) is 3.27. The van der Waals surface area contributed by atoms with E-state index in [1.807, 2.05) is 36.5 Å². The first-order valence-corrected chi connectivity index (χ1v) is 12.5. The van der Waals surface area contributed by atoms with E-state index in [0.717, 1.165) is 46.6 Å². The van der Waals surface area contributed by atoms with Crippen LogP contribution in [0, 0.1) is 0 Å². The molecule has 0 saturated carbocycles. The van der Waals surface area contributed by atoms with Crippen LogP contribution in [0.2, 0.25) is 0 Å². The first kappa shape index (κ1) is 22.1. The fourth-order valence-electron chi connectivity index (χ4n) is 4.95. The maximum atomic E-state index is 5.99. The number of pyridine rings is 2. The molecule has 176 valence electrons. The number of para-hydroxylation sites is 1. The van der Waals surface area contributed by atoms with Gasteiger partial charge in [0, 0.05) is 29.2 Å². The lowest BCUT2D eigenvalue weighted by Gasteiger charge is -2.12. The van der Waals surface area contributed by atoms with E-state index in [-0.39, 0.29) is 0 Å². The number of benzene rings is 3. The van der Waals surface area contributed by atoms with E-state index in [9.17, 15) is 0 Å². The van der Waals surface area contributed by atoms with E-state index >= 15 is 0 Å². The van der Waals surface area contributed by atoms with Crippen molar-refractivity contribution in [3.63, 3.8) is 0 Å². The van der Waals surface area contributed by atoms with Gasteiger partial charge in [0.1, 0.15) is 11.6 Å². The van der Waals surface area contributed by atoms with Crippen LogP contribution >= 0.6 is 0 Å². The van der Waals surface area contributed by atoms with Crippen LogP contribution in [0.3, 0.4) is 0 Å². The van der Waals surface area contributed by atoms with Crippen molar-refractivity contribution in [3.8, 4) is 28.6 Å². The van der Waals surface area contributed by atoms with E-state index in [1.165, 1.54) is 21.9 Å². The van der Waals surface area contributed by atoms with E-state index in [2.05, 4.69) is 84.1 Å². The molecule has 0 radical (unpaired) electrons. The third-order valence-corrected chi connectivity index (χ3v) is 6.76. The molecule has 0 N–H and O–H groups in total. The van der Waals surface area contributed by atoms with Crippen LogP contribution in [0.25, 0.3) is 38.8 Å². The van der Waals surface area contributed by atoms with Crippen LogP contribution in [-0.4, -0.2) is 14.5 Å². The second kappa shape index (κ2) is 9.31. The molecule has 3 heterocycles. The zero-order chi connectivity index (χ0) is 24.5. The van der Waals surface area contributed by atoms with Crippen molar-refractivity contribution >= 4 is 21.8 Å². The van der Waals surface area contributed by atoms with Crippen molar-refractivity contribution in [2.45, 2.75) is 26.7 Å². The Kier molecular flexibility index (Phi) is 5.70. The largest absolute Gasteiger partial charge is 0.439 e. The number of nitrogens with zero attached hydrogens (tertiary/aromatic N) is 3. The molecule has 0 bridgehead atoms. The summed E-state index contributed by atoms with van der Waals surface area (Å²) in [5.74, 6) is 2.30. The van der Waals surface area contributed by atoms with Gasteiger partial charge in [-0.15, -0.1) is 0 Å². The summed E-state index contributed by atoms with van der Waals surface area (Å²) >= 11 is 0. The molecule has 4 nitrogen and oxygen atoms in total. The zero-order valence-electron chi connectivity index (χ0n) is 20.5. The predicted octanol–water partition coefficient (Wildman–Crippen LogP) is 8.16. The van der Waals surface area contributed by atoms with Crippen molar-refractivity contribution in [1.29, 1.82) is 0 Å². The molecular weight excluding hydrogens is 442 g/mol. The third kappa shape index (κ3) is 3.91. The summed E-state index contributed by atoms with van der Waals surface area (Å²) in [6.07, 6.45) is 5.75. The maximum absolute atomic E-state index is 5.99. The van der Waals surface area contributed by atoms with Gasteiger partial charge in [-0.1, -0.05) is 62.4 Å². The molecule has 0 unspecified atom stereocenters. The monoisotopic (exact) mass is 469 g/mol. The quantitative estimate of drug-likeness (QED) is 0.247. The Hall–Kier alpha value is -4.44. The van der Waals surface area contributed by atoms with Gasteiger partial charge in [0.15, 0.2) is 0 Å². The molecule has 0 saturated heterocycles. The highest BCUT2D eigenvalue weighted by molar-refractivity contribution is 6.10. The van der Waals surface area contributed by atoms with Crippen LogP contribution in [0.5, 0.6) is 11.6 Å². The van der Waals surface area contributed by atoms with E-state index in [1.54, 1.807) is 6.20 Å². The number of aryl methyl sites for hydroxylation is 2. The molecule has 0 amide bonds. The van der Waals surface area contributed by atoms with Gasteiger partial charge in [-0.2, -0.15) is 0 Å². The standard InChI is InChI=1S/C32H27N3O/c1-3-22-20-31(34-21-23(22)4-2)35-29-13-6-5-12-27(29)28-16-15-25(19-30(28)35)24-10-9-11-26(18-24)36-32-14-7-8-17-33-32/h5-21H,3-4H2,1-2H3. The van der Waals surface area contributed by atoms with Crippen molar-refractivity contribution in [3.05, 3.63) is 115 Å². The minimum atomic E-state index is 0.582. The lowest BCUT2D eigenvalue weighted by Crippen LogP contribution is -2.01. The van der Waals surface area contributed by atoms with Crippen LogP contribution < -0.4 is 4.74 Å². The van der Waals surface area contributed by atoms with Gasteiger partial charge < -0.3 is 4.74 Å². The fourth-order valence-corrected chi connectivity index (χ4v) is 4.95. The summed E-state index contributed by atoms with van der Waals surface area (Å²) in [6.45, 7) is 4.40. The van der Waals surface area contributed by atoms with Gasteiger partial charge in [-0.3, -0.25) is 4.57 Å². The van der Waals surface area contributed by atoms with Gasteiger partial charge in [-0.25, -0.2) is 9.97 Å². The van der Waals surface area contributed by atoms with E-state index in [0.29, 0.717) is 5.88 Å². The Morgan fingerprint density at radius 2 is 1.47 bits per heavy atom. The average molecular weight is 470 g/mol. The SMILES string of the molecule is CCc1cnc(-n2c3ccccc3c3ccc(-c4cccc(Oc5ccccn5)c4)cc32)cc1CC. The molecule has 0 fully saturated rings. The fraction of sp³-hybridized carbons (Fsp3) is 0.125. The summed E-state index contributed by atoms with van der Waals surface area (Å²) in [7, 11) is 0. The van der Waals surface area contributed by atoms with Gasteiger partial charge in [-0.05, 0) is 71.5 Å². The number of aromatic nitrogens is 3. The van der Waals surface area contributed by atoms with Crippen LogP contribution in [0.4, 0.5) is 0 Å². The molecule has 36 heavy (non-hydrogen) atoms. The lowest BCUT2D eigenvalue weighted by molar-refractivity contribution is 0.463. The van der Waals surface area contributed by atoms with Crippen LogP contribution in [-0.2, 0) is 12.8 Å². The molecule has 0 spiro atoms. The Morgan fingerprint density at radius 1 is 0.667 bits per heavy atom. The first-order chi connectivity index (χ1) is 17.7. The smallest absolute Gasteiger partial charge is 0.219 e. The maximum Gasteiger partial charge on any atom is 0.219 e. The Bertz CT molecular complexity index is 1690. The molecule has 6 rings (SSSR count). The number of rotatable bonds is 6. The van der Waals surface area contributed by atoms with Crippen molar-refractivity contribution in [1.82, 2.24) is 14.5 Å². The topological polar surface area (TPSA) is 39.9 Å². The van der Waals surface area contributed by atoms with Gasteiger partial charge in [0.25, 0.3) is 0 Å². The highest BCUT2D eigenvalue weighted by atomic mass is 16.5. The highest BCUT2D eigenvalue weighted by Crippen LogP contribution is 2.35. The van der Waals surface area contributed by atoms with E-state index in [4.69, 9.17) is 9.72 Å². The second-order valence-electron chi connectivity index (χ2n) is 8.90. The molecule has 4 heteroatoms. The molecular formula is C32H27N3O. The van der Waals surface area contributed by atoms with Gasteiger partial charge in [0.05, 0.1) is 11.0 Å². The zero-order valence-corrected chi connectivity index (χ0v) is 20.5. The van der Waals surface area contributed by atoms with Crippen LogP contribution in [0.1, 0.15) is 25.0 Å². The van der Waals surface area contributed by atoms with E-state index < -0.39 is 0 Å². The summed E-state index contributed by atoms with van der Waals surface area (Å²) in [4.78, 5) is 9.18. The molecule has 3 aromatic heterocycles. The van der Waals surface area contributed by atoms with Crippen molar-refractivity contribution < 1.29 is 4.74 Å². The van der Waals surface area contributed by atoms with Crippen molar-refractivity contribution in [2.75, 3.05) is 0 Å². The number of ether oxygens (including phenoxy) is 1. The number of hydrogen-bond donors (Lipinski definition) is 0. The summed E-state index contributed by atoms with van der Waals surface area (Å²) in [6, 6.07) is 31.3. The summed E-state index contributed by atoms with van der Waals surface area (Å²) in [5.41, 5.74) is 7.18. The minimum absolute atomic E-state index is 0.582. The normalized spacial score (nSPS) is 11.3. The Labute approximate surface area is 210 Å². The molecule has 3 aromatic carbocycles. The van der Waals surface area contributed by atoms with Crippen LogP contribution in [0.15, 0.2) is 103 Å². The Balaban J connectivity index is 1.51. The van der Waals surface area contributed by atoms with Gasteiger partial charge in [0.2, 0.25) is 5.88 Å². The molecule has 0 aliphatic rings. The molecule has 0 aliphatic heterocycles. The molecule has 0 atom stereocenters. The number of hydrogen-bond acceptors (Lipinski definition) is 3. The number of fused-ring (bicyclic) bond motifs is 3. The first-order valence-electron chi connectivity index (χ1n) is 12.5. The molecule has 6 aromatic rings. The molecule has 0 aliphatic carbocycles. The lowest BCUT2D eigenvalue weighted by atomic mass is 10.0. The summed E-state index contributed by atoms with van der Waals surface area (Å²) < 4.78 is 8.28. The predicted molar refractivity (Wildman–Crippen MR) is 147 cm³/mol.